The lowest BCUT2D eigenvalue weighted by atomic mass is 10.1. The van der Waals surface area contributed by atoms with E-state index in [4.69, 9.17) is 22.1 Å². The van der Waals surface area contributed by atoms with Crippen molar-refractivity contribution in [1.82, 2.24) is 5.32 Å². The van der Waals surface area contributed by atoms with Crippen LogP contribution in [0.1, 0.15) is 19.4 Å². The molecule has 0 saturated carbocycles. The molecule has 0 unspecified atom stereocenters. The summed E-state index contributed by atoms with van der Waals surface area (Å²) in [6, 6.07) is 5.67. The second-order valence-electron chi connectivity index (χ2n) is 4.55. The van der Waals surface area contributed by atoms with Crippen molar-refractivity contribution in [3.05, 3.63) is 28.8 Å². The van der Waals surface area contributed by atoms with Crippen molar-refractivity contribution in [3.63, 3.8) is 0 Å². The molecule has 0 aliphatic heterocycles. The molecule has 1 aromatic carbocycles. The quantitative estimate of drug-likeness (QED) is 0.832. The molecule has 0 amide bonds. The molecule has 0 aliphatic carbocycles. The van der Waals surface area contributed by atoms with E-state index >= 15 is 0 Å². The first kappa shape index (κ1) is 13.3. The maximum Gasteiger partial charge on any atom is 0.120 e. The van der Waals surface area contributed by atoms with Crippen LogP contribution >= 0.6 is 11.6 Å². The zero-order valence-electron chi connectivity index (χ0n) is 10.0. The Kier molecular flexibility index (Phi) is 4.59. The third kappa shape index (κ3) is 4.39. The summed E-state index contributed by atoms with van der Waals surface area (Å²) >= 11 is 6.11. The molecular formula is C12H19ClN2O. The first-order chi connectivity index (χ1) is 7.42. The lowest BCUT2D eigenvalue weighted by molar-refractivity contribution is 0.414. The Hall–Kier alpha value is -0.770. The molecule has 0 aliphatic rings. The smallest absolute Gasteiger partial charge is 0.120 e. The van der Waals surface area contributed by atoms with Crippen LogP contribution in [0.15, 0.2) is 18.2 Å². The second kappa shape index (κ2) is 5.53. The minimum absolute atomic E-state index is 0.209. The summed E-state index contributed by atoms with van der Waals surface area (Å²) in [4.78, 5) is 0. The Bertz CT molecular complexity index is 347. The molecule has 0 heterocycles. The van der Waals surface area contributed by atoms with Gasteiger partial charge in [-0.25, -0.2) is 0 Å². The molecule has 1 aromatic rings. The third-order valence-corrected chi connectivity index (χ3v) is 2.51. The molecule has 90 valence electrons. The lowest BCUT2D eigenvalue weighted by Crippen LogP contribution is -2.42. The van der Waals surface area contributed by atoms with Gasteiger partial charge in [0.25, 0.3) is 0 Å². The summed E-state index contributed by atoms with van der Waals surface area (Å²) in [5.74, 6) is 0.771. The lowest BCUT2D eigenvalue weighted by Gasteiger charge is -2.19. The number of methoxy groups -OCH3 is 1. The van der Waals surface area contributed by atoms with Crippen molar-refractivity contribution in [1.29, 1.82) is 0 Å². The summed E-state index contributed by atoms with van der Waals surface area (Å²) in [6.07, 6.45) is 0. The number of hydrogen-bond acceptors (Lipinski definition) is 3. The van der Waals surface area contributed by atoms with E-state index in [-0.39, 0.29) is 5.54 Å². The minimum Gasteiger partial charge on any atom is -0.497 e. The molecule has 4 heteroatoms. The van der Waals surface area contributed by atoms with Crippen LogP contribution in [-0.2, 0) is 6.54 Å². The average Bonchev–Trinajstić information content (AvgIpc) is 2.18. The first-order valence-corrected chi connectivity index (χ1v) is 5.62. The number of hydrogen-bond donors (Lipinski definition) is 2. The van der Waals surface area contributed by atoms with E-state index in [0.29, 0.717) is 11.6 Å². The Labute approximate surface area is 102 Å². The summed E-state index contributed by atoms with van der Waals surface area (Å²) in [5, 5.41) is 3.98. The van der Waals surface area contributed by atoms with Gasteiger partial charge in [0.15, 0.2) is 0 Å². The minimum atomic E-state index is -0.209. The predicted octanol–water partition coefficient (Wildman–Crippen LogP) is 2.18. The zero-order chi connectivity index (χ0) is 12.2. The van der Waals surface area contributed by atoms with Crippen molar-refractivity contribution in [2.75, 3.05) is 13.7 Å². The van der Waals surface area contributed by atoms with E-state index in [0.717, 1.165) is 17.9 Å². The molecule has 0 radical (unpaired) electrons. The Morgan fingerprint density at radius 1 is 1.44 bits per heavy atom. The number of nitrogens with two attached hydrogens (primary N) is 1. The van der Waals surface area contributed by atoms with Gasteiger partial charge in [0.05, 0.1) is 7.11 Å². The summed E-state index contributed by atoms with van der Waals surface area (Å²) in [6.45, 7) is 5.42. The number of ether oxygens (including phenoxy) is 1. The highest BCUT2D eigenvalue weighted by atomic mass is 35.5. The van der Waals surface area contributed by atoms with Gasteiger partial charge >= 0.3 is 0 Å². The summed E-state index contributed by atoms with van der Waals surface area (Å²) < 4.78 is 5.08. The Balaban J connectivity index is 2.55. The topological polar surface area (TPSA) is 47.3 Å². The van der Waals surface area contributed by atoms with E-state index in [1.54, 1.807) is 7.11 Å². The third-order valence-electron chi connectivity index (χ3n) is 2.16. The van der Waals surface area contributed by atoms with Gasteiger partial charge in [-0.05, 0) is 31.5 Å². The first-order valence-electron chi connectivity index (χ1n) is 5.24. The largest absolute Gasteiger partial charge is 0.497 e. The van der Waals surface area contributed by atoms with Gasteiger partial charge in [0.1, 0.15) is 5.75 Å². The van der Waals surface area contributed by atoms with Gasteiger partial charge in [-0.2, -0.15) is 0 Å². The van der Waals surface area contributed by atoms with Crippen LogP contribution in [-0.4, -0.2) is 19.2 Å². The van der Waals surface area contributed by atoms with Crippen LogP contribution in [0.3, 0.4) is 0 Å². The average molecular weight is 243 g/mol. The molecular weight excluding hydrogens is 224 g/mol. The Morgan fingerprint density at radius 3 is 2.62 bits per heavy atom. The van der Waals surface area contributed by atoms with Crippen LogP contribution in [0.25, 0.3) is 0 Å². The van der Waals surface area contributed by atoms with Gasteiger partial charge in [-0.3, -0.25) is 0 Å². The van der Waals surface area contributed by atoms with Crippen LogP contribution in [0.2, 0.25) is 5.02 Å². The number of halogens is 1. The summed E-state index contributed by atoms with van der Waals surface area (Å²) in [5.41, 5.74) is 6.71. The molecule has 16 heavy (non-hydrogen) atoms. The van der Waals surface area contributed by atoms with Gasteiger partial charge in [-0.1, -0.05) is 17.7 Å². The fourth-order valence-corrected chi connectivity index (χ4v) is 1.56. The van der Waals surface area contributed by atoms with Crippen LogP contribution in [0.4, 0.5) is 0 Å². The van der Waals surface area contributed by atoms with Crippen LogP contribution in [0.5, 0.6) is 5.75 Å². The predicted molar refractivity (Wildman–Crippen MR) is 68.0 cm³/mol. The standard InChI is InChI=1S/C12H19ClN2O/c1-12(2,14)8-15-7-9-4-5-10(16-3)6-11(9)13/h4-6,15H,7-8,14H2,1-3H3. The number of benzene rings is 1. The molecule has 3 N–H and O–H groups in total. The van der Waals surface area contributed by atoms with E-state index in [1.807, 2.05) is 32.0 Å². The highest BCUT2D eigenvalue weighted by Gasteiger charge is 2.10. The van der Waals surface area contributed by atoms with Gasteiger partial charge in [-0.15, -0.1) is 0 Å². The maximum absolute atomic E-state index is 6.11. The zero-order valence-corrected chi connectivity index (χ0v) is 10.8. The molecule has 0 saturated heterocycles. The van der Waals surface area contributed by atoms with Gasteiger partial charge < -0.3 is 15.8 Å². The van der Waals surface area contributed by atoms with E-state index in [9.17, 15) is 0 Å². The number of nitrogens with one attached hydrogen (secondary N) is 1. The van der Waals surface area contributed by atoms with E-state index < -0.39 is 0 Å². The maximum atomic E-state index is 6.11. The molecule has 0 spiro atoms. The van der Waals surface area contributed by atoms with Crippen LogP contribution in [0, 0.1) is 0 Å². The molecule has 1 rings (SSSR count). The second-order valence-corrected chi connectivity index (χ2v) is 4.96. The summed E-state index contributed by atoms with van der Waals surface area (Å²) in [7, 11) is 1.63. The molecule has 0 aromatic heterocycles. The van der Waals surface area contributed by atoms with Crippen molar-refractivity contribution >= 4 is 11.6 Å². The Morgan fingerprint density at radius 2 is 2.12 bits per heavy atom. The van der Waals surface area contributed by atoms with Crippen molar-refractivity contribution in [2.45, 2.75) is 25.9 Å². The van der Waals surface area contributed by atoms with Gasteiger partial charge in [0.2, 0.25) is 0 Å². The van der Waals surface area contributed by atoms with Crippen LogP contribution < -0.4 is 15.8 Å². The monoisotopic (exact) mass is 242 g/mol. The van der Waals surface area contributed by atoms with Crippen molar-refractivity contribution in [3.8, 4) is 5.75 Å². The highest BCUT2D eigenvalue weighted by Crippen LogP contribution is 2.22. The number of rotatable bonds is 5. The molecule has 0 atom stereocenters. The highest BCUT2D eigenvalue weighted by molar-refractivity contribution is 6.31. The van der Waals surface area contributed by atoms with Crippen molar-refractivity contribution in [2.24, 2.45) is 5.73 Å². The van der Waals surface area contributed by atoms with Crippen molar-refractivity contribution < 1.29 is 4.74 Å². The van der Waals surface area contributed by atoms with E-state index in [2.05, 4.69) is 5.32 Å². The molecule has 0 fully saturated rings. The molecule has 0 bridgehead atoms. The fourth-order valence-electron chi connectivity index (χ4n) is 1.32. The van der Waals surface area contributed by atoms with Gasteiger partial charge in [0, 0.05) is 23.7 Å². The molecule has 3 nitrogen and oxygen atoms in total. The fraction of sp³-hybridized carbons (Fsp3) is 0.500. The SMILES string of the molecule is COc1ccc(CNCC(C)(C)N)c(Cl)c1. The van der Waals surface area contributed by atoms with E-state index in [1.165, 1.54) is 0 Å². The normalized spacial score (nSPS) is 11.6.